The van der Waals surface area contributed by atoms with Crippen molar-refractivity contribution in [1.29, 1.82) is 0 Å². The molecule has 0 saturated heterocycles. The second kappa shape index (κ2) is 14.9. The molecule has 0 amide bonds. The van der Waals surface area contributed by atoms with Crippen LogP contribution in [-0.4, -0.2) is 18.0 Å². The summed E-state index contributed by atoms with van der Waals surface area (Å²) < 4.78 is 6.35. The van der Waals surface area contributed by atoms with E-state index in [-0.39, 0.29) is 20.1 Å². The van der Waals surface area contributed by atoms with Gasteiger partial charge in [0.25, 0.3) is 0 Å². The van der Waals surface area contributed by atoms with Crippen LogP contribution in [0.25, 0.3) is 55.6 Å². The molecule has 1 aliphatic carbocycles. The van der Waals surface area contributed by atoms with Gasteiger partial charge in [-0.05, 0) is 40.5 Å². The van der Waals surface area contributed by atoms with E-state index in [9.17, 15) is 0 Å². The van der Waals surface area contributed by atoms with E-state index in [0.29, 0.717) is 0 Å². The second-order valence-corrected chi connectivity index (χ2v) is 18.6. The fourth-order valence-corrected chi connectivity index (χ4v) is 8.47. The van der Waals surface area contributed by atoms with Gasteiger partial charge >= 0.3 is 0 Å². The molecule has 3 nitrogen and oxygen atoms in total. The summed E-state index contributed by atoms with van der Waals surface area (Å²) in [5.74, 6) is 0.880. The number of nitrogens with zero attached hydrogens (tertiary/aromatic N) is 2. The van der Waals surface area contributed by atoms with Gasteiger partial charge in [-0.25, -0.2) is 0 Å². The van der Waals surface area contributed by atoms with E-state index in [2.05, 4.69) is 97.6 Å². The summed E-state index contributed by atoms with van der Waals surface area (Å²) in [5.41, 5.74) is 9.49. The predicted molar refractivity (Wildman–Crippen MR) is 198 cm³/mol. The minimum Gasteiger partial charge on any atom is -0.500 e. The number of para-hydroxylation sites is 1. The molecule has 7 aromatic rings. The van der Waals surface area contributed by atoms with Crippen LogP contribution in [0.4, 0.5) is 0 Å². The molecule has 48 heavy (non-hydrogen) atoms. The van der Waals surface area contributed by atoms with E-state index in [1.165, 1.54) is 32.1 Å². The van der Waals surface area contributed by atoms with Gasteiger partial charge in [0.2, 0.25) is 0 Å². The number of pyridine rings is 2. The van der Waals surface area contributed by atoms with Crippen molar-refractivity contribution in [2.24, 2.45) is 5.92 Å². The first-order chi connectivity index (χ1) is 23.0. The molecule has 0 bridgehead atoms. The largest absolute Gasteiger partial charge is 0.500 e. The van der Waals surface area contributed by atoms with Gasteiger partial charge in [-0.1, -0.05) is 129 Å². The Morgan fingerprint density at radius 1 is 0.729 bits per heavy atom. The van der Waals surface area contributed by atoms with Crippen LogP contribution < -0.4 is 5.19 Å². The quantitative estimate of drug-likeness (QED) is 0.124. The van der Waals surface area contributed by atoms with Crippen LogP contribution in [0.15, 0.2) is 126 Å². The van der Waals surface area contributed by atoms with Crippen molar-refractivity contribution in [2.75, 3.05) is 0 Å². The van der Waals surface area contributed by atoms with Crippen LogP contribution in [0.3, 0.4) is 0 Å². The number of hydrogen-bond donors (Lipinski definition) is 0. The van der Waals surface area contributed by atoms with Crippen molar-refractivity contribution >= 4 is 35.2 Å². The maximum absolute atomic E-state index is 6.35. The Morgan fingerprint density at radius 2 is 1.50 bits per heavy atom. The summed E-state index contributed by atoms with van der Waals surface area (Å²) in [6.45, 7) is 7.28. The van der Waals surface area contributed by atoms with Gasteiger partial charge in [0.1, 0.15) is 5.58 Å². The summed E-state index contributed by atoms with van der Waals surface area (Å²) in [6, 6.07) is 43.6. The maximum atomic E-state index is 6.35. The SMILES string of the molecule is C[Si](C)(C)c1cnc(-c2[c-]cccc2)cc1CC1CCCC1.[Ir].[c-]1ccc2c(oc3c(-c4ccccc4)cccc32)c1-c1ccccn1. The fourth-order valence-electron chi connectivity index (χ4n) is 6.88. The number of furan rings is 1. The normalized spacial score (nSPS) is 13.2. The van der Waals surface area contributed by atoms with Gasteiger partial charge in [-0.2, -0.15) is 0 Å². The second-order valence-electron chi connectivity index (χ2n) is 13.6. The van der Waals surface area contributed by atoms with Crippen LogP contribution in [0.2, 0.25) is 19.6 Å². The van der Waals surface area contributed by atoms with Crippen molar-refractivity contribution in [1.82, 2.24) is 9.97 Å². The van der Waals surface area contributed by atoms with Crippen LogP contribution in [0.5, 0.6) is 0 Å². The van der Waals surface area contributed by atoms with E-state index in [0.717, 1.165) is 61.5 Å². The zero-order valence-electron chi connectivity index (χ0n) is 27.8. The monoisotopic (exact) mass is 821 g/mol. The van der Waals surface area contributed by atoms with E-state index in [1.54, 1.807) is 16.9 Å². The Bertz CT molecular complexity index is 2000. The molecule has 1 aliphatic rings. The first kappa shape index (κ1) is 33.7. The van der Waals surface area contributed by atoms with Crippen molar-refractivity contribution in [3.63, 3.8) is 0 Å². The molecule has 0 unspecified atom stereocenters. The first-order valence-corrected chi connectivity index (χ1v) is 20.2. The minimum absolute atomic E-state index is 0. The summed E-state index contributed by atoms with van der Waals surface area (Å²) in [7, 11) is -1.35. The van der Waals surface area contributed by atoms with Crippen LogP contribution >= 0.6 is 0 Å². The number of hydrogen-bond acceptors (Lipinski definition) is 3. The third-order valence-electron chi connectivity index (χ3n) is 9.23. The molecular weight excluding hydrogens is 781 g/mol. The van der Waals surface area contributed by atoms with Gasteiger partial charge < -0.3 is 14.4 Å². The average Bonchev–Trinajstić information content (AvgIpc) is 3.77. The first-order valence-electron chi connectivity index (χ1n) is 16.7. The van der Waals surface area contributed by atoms with Crippen molar-refractivity contribution < 1.29 is 24.5 Å². The number of fused-ring (bicyclic) bond motifs is 3. The van der Waals surface area contributed by atoms with Crippen LogP contribution in [0.1, 0.15) is 31.2 Å². The topological polar surface area (TPSA) is 38.9 Å². The van der Waals surface area contributed by atoms with E-state index >= 15 is 0 Å². The summed E-state index contributed by atoms with van der Waals surface area (Å²) >= 11 is 0. The molecule has 0 atom stereocenters. The predicted octanol–water partition coefficient (Wildman–Crippen LogP) is 10.9. The molecule has 0 spiro atoms. The average molecular weight is 821 g/mol. The molecule has 1 fully saturated rings. The number of aromatic nitrogens is 2. The fraction of sp³-hybridized carbons (Fsp3) is 0.209. The summed E-state index contributed by atoms with van der Waals surface area (Å²) in [4.78, 5) is 9.21. The minimum atomic E-state index is -1.35. The molecule has 1 saturated carbocycles. The molecule has 8 rings (SSSR count). The zero-order valence-corrected chi connectivity index (χ0v) is 31.2. The van der Waals surface area contributed by atoms with Gasteiger partial charge in [-0.3, -0.25) is 0 Å². The summed E-state index contributed by atoms with van der Waals surface area (Å²) in [5, 5.41) is 3.74. The van der Waals surface area contributed by atoms with Crippen LogP contribution in [0, 0.1) is 18.1 Å². The Labute approximate surface area is 298 Å². The zero-order chi connectivity index (χ0) is 32.2. The van der Waals surface area contributed by atoms with Gasteiger partial charge in [0.15, 0.2) is 0 Å². The molecule has 4 aromatic carbocycles. The molecule has 3 aromatic heterocycles. The number of benzene rings is 4. The van der Waals surface area contributed by atoms with Crippen molar-refractivity contribution in [3.8, 4) is 33.6 Å². The maximum Gasteiger partial charge on any atom is 0.128 e. The molecule has 0 aliphatic heterocycles. The summed E-state index contributed by atoms with van der Waals surface area (Å²) in [6.07, 6.45) is 10.8. The van der Waals surface area contributed by atoms with Crippen LogP contribution in [-0.2, 0) is 26.5 Å². The molecule has 0 N–H and O–H groups in total. The molecule has 5 heteroatoms. The third-order valence-corrected chi connectivity index (χ3v) is 11.3. The molecule has 1 radical (unpaired) electrons. The standard InChI is InChI=1S/C23H14NO.C20H26NSi.Ir/c1-2-8-16(9-3-1)17-10-6-11-18-19-12-7-13-20(23(19)25-22(17)18)21-14-4-5-15-24-21;1-22(2,3)20-15-21-19(17-11-5-4-6-12-17)14-18(20)13-16-9-7-8-10-16;/h1-12,14-15H;4-6,11,14-16H,7-10,13H2,1-3H3;/q2*-1;. The smallest absolute Gasteiger partial charge is 0.128 e. The third kappa shape index (κ3) is 7.29. The van der Waals surface area contributed by atoms with E-state index in [1.807, 2.05) is 54.6 Å². The Morgan fingerprint density at radius 3 is 2.23 bits per heavy atom. The molecule has 243 valence electrons. The van der Waals surface area contributed by atoms with Crippen molar-refractivity contribution in [2.45, 2.75) is 51.7 Å². The van der Waals surface area contributed by atoms with Gasteiger partial charge in [0.05, 0.1) is 13.7 Å². The van der Waals surface area contributed by atoms with E-state index < -0.39 is 8.07 Å². The van der Waals surface area contributed by atoms with Gasteiger partial charge in [-0.15, -0.1) is 54.1 Å². The Kier molecular flexibility index (Phi) is 10.5. The van der Waals surface area contributed by atoms with E-state index in [4.69, 9.17) is 9.40 Å². The van der Waals surface area contributed by atoms with Crippen molar-refractivity contribution in [3.05, 3.63) is 139 Å². The molecule has 3 heterocycles. The van der Waals surface area contributed by atoms with Gasteiger partial charge in [0, 0.05) is 43.4 Å². The molecular formula is C43H40IrN2OSi-2. The Hall–Kier alpha value is -4.15. The number of rotatable bonds is 6. The Balaban J connectivity index is 0.000000165.